The van der Waals surface area contributed by atoms with Crippen LogP contribution in [0.15, 0.2) is 23.3 Å². The van der Waals surface area contributed by atoms with E-state index in [1.807, 2.05) is 13.0 Å². The molecule has 1 aliphatic heterocycles. The van der Waals surface area contributed by atoms with Gasteiger partial charge in [-0.25, -0.2) is 5.43 Å². The van der Waals surface area contributed by atoms with Crippen LogP contribution in [-0.4, -0.2) is 17.5 Å². The lowest BCUT2D eigenvalue weighted by Crippen LogP contribution is -2.32. The largest absolute Gasteiger partial charge is 0.397 e. The lowest BCUT2D eigenvalue weighted by atomic mass is 9.93. The van der Waals surface area contributed by atoms with E-state index in [4.69, 9.17) is 5.73 Å². The molecule has 6 heteroatoms. The van der Waals surface area contributed by atoms with E-state index in [-0.39, 0.29) is 17.7 Å². The molecule has 1 aromatic carbocycles. The molecule has 1 unspecified atom stereocenters. The van der Waals surface area contributed by atoms with Crippen LogP contribution < -0.4 is 16.5 Å². The molecular formula is C18H26N4O2. The van der Waals surface area contributed by atoms with E-state index in [0.717, 1.165) is 37.0 Å². The number of anilines is 2. The molecule has 1 atom stereocenters. The van der Waals surface area contributed by atoms with Crippen LogP contribution in [0.25, 0.3) is 0 Å². The maximum absolute atomic E-state index is 12.0. The van der Waals surface area contributed by atoms with Crippen molar-refractivity contribution in [3.8, 4) is 0 Å². The second kappa shape index (κ2) is 8.47. The standard InChI is InChI=1S/C18H26N4O2/c1-3-4-5-6-7-16(23)20-15-9-8-13(11-14(15)19)18-12(2)10-17(24)21-22-18/h8-9,11-12H,3-7,10,19H2,1-2H3,(H,20,23)(H,21,24). The number of hydrogen-bond donors (Lipinski definition) is 3. The molecule has 1 heterocycles. The first-order valence-electron chi connectivity index (χ1n) is 8.57. The first-order chi connectivity index (χ1) is 11.5. The predicted molar refractivity (Wildman–Crippen MR) is 96.7 cm³/mol. The zero-order valence-corrected chi connectivity index (χ0v) is 14.4. The van der Waals surface area contributed by atoms with Crippen LogP contribution >= 0.6 is 0 Å². The van der Waals surface area contributed by atoms with Gasteiger partial charge < -0.3 is 11.1 Å². The van der Waals surface area contributed by atoms with Crippen molar-refractivity contribution in [1.82, 2.24) is 5.43 Å². The molecule has 4 N–H and O–H groups in total. The lowest BCUT2D eigenvalue weighted by molar-refractivity contribution is -0.122. The quantitative estimate of drug-likeness (QED) is 0.529. The molecule has 0 spiro atoms. The Labute approximate surface area is 142 Å². The van der Waals surface area contributed by atoms with Gasteiger partial charge in [0.25, 0.3) is 0 Å². The number of nitrogens with zero attached hydrogens (tertiary/aromatic N) is 1. The van der Waals surface area contributed by atoms with Gasteiger partial charge in [-0.15, -0.1) is 0 Å². The summed E-state index contributed by atoms with van der Waals surface area (Å²) in [5.74, 6) is -0.0514. The molecule has 0 fully saturated rings. The monoisotopic (exact) mass is 330 g/mol. The topological polar surface area (TPSA) is 96.6 Å². The number of hydrazone groups is 1. The van der Waals surface area contributed by atoms with Gasteiger partial charge in [-0.3, -0.25) is 9.59 Å². The molecule has 0 saturated carbocycles. The van der Waals surface area contributed by atoms with Gasteiger partial charge in [-0.05, 0) is 18.6 Å². The number of hydrogen-bond acceptors (Lipinski definition) is 4. The van der Waals surface area contributed by atoms with Gasteiger partial charge in [-0.1, -0.05) is 39.2 Å². The van der Waals surface area contributed by atoms with E-state index in [0.29, 0.717) is 24.2 Å². The first kappa shape index (κ1) is 18.0. The summed E-state index contributed by atoms with van der Waals surface area (Å²) in [5, 5.41) is 6.99. The Hall–Kier alpha value is -2.37. The summed E-state index contributed by atoms with van der Waals surface area (Å²) in [6.45, 7) is 4.10. The fraction of sp³-hybridized carbons (Fsp3) is 0.500. The van der Waals surface area contributed by atoms with Crippen LogP contribution in [0.4, 0.5) is 11.4 Å². The van der Waals surface area contributed by atoms with Gasteiger partial charge in [0.2, 0.25) is 11.8 Å². The Morgan fingerprint density at radius 2 is 2.17 bits per heavy atom. The average Bonchev–Trinajstić information content (AvgIpc) is 2.54. The summed E-state index contributed by atoms with van der Waals surface area (Å²) in [6, 6.07) is 5.45. The third-order valence-electron chi connectivity index (χ3n) is 4.14. The van der Waals surface area contributed by atoms with Crippen LogP contribution in [-0.2, 0) is 9.59 Å². The molecule has 0 saturated heterocycles. The molecule has 2 rings (SSSR count). The molecule has 24 heavy (non-hydrogen) atoms. The van der Waals surface area contributed by atoms with E-state index < -0.39 is 0 Å². The highest BCUT2D eigenvalue weighted by Crippen LogP contribution is 2.24. The van der Waals surface area contributed by atoms with Gasteiger partial charge in [0.1, 0.15) is 0 Å². The molecule has 6 nitrogen and oxygen atoms in total. The minimum atomic E-state index is -0.0776. The first-order valence-corrected chi connectivity index (χ1v) is 8.57. The van der Waals surface area contributed by atoms with Crippen molar-refractivity contribution >= 4 is 28.9 Å². The molecular weight excluding hydrogens is 304 g/mol. The van der Waals surface area contributed by atoms with Gasteiger partial charge in [-0.2, -0.15) is 5.10 Å². The molecule has 0 aliphatic carbocycles. The van der Waals surface area contributed by atoms with Crippen LogP contribution in [0.3, 0.4) is 0 Å². The Kier molecular flexibility index (Phi) is 6.35. The fourth-order valence-electron chi connectivity index (χ4n) is 2.76. The fourth-order valence-corrected chi connectivity index (χ4v) is 2.76. The average molecular weight is 330 g/mol. The van der Waals surface area contributed by atoms with E-state index in [9.17, 15) is 9.59 Å². The zero-order chi connectivity index (χ0) is 17.5. The number of carbonyl (C=O) groups excluding carboxylic acids is 2. The van der Waals surface area contributed by atoms with Gasteiger partial charge in [0.15, 0.2) is 0 Å². The van der Waals surface area contributed by atoms with Crippen molar-refractivity contribution in [2.45, 2.75) is 52.4 Å². The van der Waals surface area contributed by atoms with Crippen molar-refractivity contribution in [2.75, 3.05) is 11.1 Å². The molecule has 1 aliphatic rings. The van der Waals surface area contributed by atoms with E-state index >= 15 is 0 Å². The van der Waals surface area contributed by atoms with Crippen LogP contribution in [0.2, 0.25) is 0 Å². The minimum Gasteiger partial charge on any atom is -0.397 e. The summed E-state index contributed by atoms with van der Waals surface area (Å²) >= 11 is 0. The molecule has 1 aromatic rings. The Morgan fingerprint density at radius 1 is 1.38 bits per heavy atom. The highest BCUT2D eigenvalue weighted by Gasteiger charge is 2.22. The third-order valence-corrected chi connectivity index (χ3v) is 4.14. The van der Waals surface area contributed by atoms with Crippen LogP contribution in [0, 0.1) is 5.92 Å². The minimum absolute atomic E-state index is 0.0128. The summed E-state index contributed by atoms with van der Waals surface area (Å²) < 4.78 is 0. The third kappa shape index (κ3) is 4.81. The van der Waals surface area contributed by atoms with E-state index in [1.165, 1.54) is 0 Å². The van der Waals surface area contributed by atoms with Gasteiger partial charge in [0.05, 0.1) is 17.1 Å². The predicted octanol–water partition coefficient (Wildman–Crippen LogP) is 3.04. The van der Waals surface area contributed by atoms with Gasteiger partial charge in [0, 0.05) is 24.3 Å². The summed E-state index contributed by atoms with van der Waals surface area (Å²) in [5.41, 5.74) is 11.4. The van der Waals surface area contributed by atoms with Crippen molar-refractivity contribution < 1.29 is 9.59 Å². The van der Waals surface area contributed by atoms with Crippen LogP contribution in [0.1, 0.15) is 57.9 Å². The van der Waals surface area contributed by atoms with Crippen molar-refractivity contribution in [1.29, 1.82) is 0 Å². The number of amides is 2. The Balaban J connectivity index is 1.99. The molecule has 0 aromatic heterocycles. The number of carbonyl (C=O) groups is 2. The normalized spacial score (nSPS) is 17.2. The number of benzene rings is 1. The summed E-state index contributed by atoms with van der Waals surface area (Å²) in [6.07, 6.45) is 5.19. The number of rotatable bonds is 7. The van der Waals surface area contributed by atoms with E-state index in [2.05, 4.69) is 22.8 Å². The van der Waals surface area contributed by atoms with Crippen molar-refractivity contribution in [2.24, 2.45) is 11.0 Å². The molecule has 0 radical (unpaired) electrons. The lowest BCUT2D eigenvalue weighted by Gasteiger charge is -2.20. The summed E-state index contributed by atoms with van der Waals surface area (Å²) in [7, 11) is 0. The maximum Gasteiger partial charge on any atom is 0.240 e. The number of unbranched alkanes of at least 4 members (excludes halogenated alkanes) is 3. The van der Waals surface area contributed by atoms with Gasteiger partial charge >= 0.3 is 0 Å². The Bertz CT molecular complexity index is 640. The highest BCUT2D eigenvalue weighted by molar-refractivity contribution is 6.07. The van der Waals surface area contributed by atoms with Crippen molar-refractivity contribution in [3.63, 3.8) is 0 Å². The maximum atomic E-state index is 12.0. The second-order valence-corrected chi connectivity index (χ2v) is 6.30. The Morgan fingerprint density at radius 3 is 2.83 bits per heavy atom. The smallest absolute Gasteiger partial charge is 0.240 e. The second-order valence-electron chi connectivity index (χ2n) is 6.30. The number of nitrogens with one attached hydrogen (secondary N) is 2. The molecule has 0 bridgehead atoms. The van der Waals surface area contributed by atoms with Crippen LogP contribution in [0.5, 0.6) is 0 Å². The molecule has 130 valence electrons. The van der Waals surface area contributed by atoms with E-state index in [1.54, 1.807) is 12.1 Å². The SMILES string of the molecule is CCCCCCC(=O)Nc1ccc(C2=NNC(=O)CC2C)cc1N. The number of nitrogens with two attached hydrogens (primary N) is 1. The molecule has 2 amide bonds. The number of nitrogen functional groups attached to an aromatic ring is 1. The zero-order valence-electron chi connectivity index (χ0n) is 14.4. The highest BCUT2D eigenvalue weighted by atomic mass is 16.2. The summed E-state index contributed by atoms with van der Waals surface area (Å²) in [4.78, 5) is 23.3. The van der Waals surface area contributed by atoms with Crippen molar-refractivity contribution in [3.05, 3.63) is 23.8 Å².